The molecule has 1 unspecified atom stereocenters. The molecule has 1 saturated heterocycles. The molecule has 6 nitrogen and oxygen atoms in total. The minimum absolute atomic E-state index is 0.0436. The highest BCUT2D eigenvalue weighted by molar-refractivity contribution is 7.89. The summed E-state index contributed by atoms with van der Waals surface area (Å²) in [5, 5.41) is 3.33. The van der Waals surface area contributed by atoms with E-state index in [2.05, 4.69) is 62.2 Å². The molecular formula is C27H39N3O3S. The first-order valence-electron chi connectivity index (χ1n) is 12.4. The number of hydrogen-bond donors (Lipinski definition) is 1. The first-order valence-corrected chi connectivity index (χ1v) is 13.8. The minimum Gasteiger partial charge on any atom is -0.308 e. The van der Waals surface area contributed by atoms with Gasteiger partial charge in [-0.3, -0.25) is 9.69 Å². The lowest BCUT2D eigenvalue weighted by atomic mass is 10.0. The second-order valence-electron chi connectivity index (χ2n) is 9.31. The van der Waals surface area contributed by atoms with Crippen molar-refractivity contribution in [3.63, 3.8) is 0 Å². The number of benzene rings is 2. The average Bonchev–Trinajstić information content (AvgIpc) is 2.84. The predicted molar refractivity (Wildman–Crippen MR) is 138 cm³/mol. The quantitative estimate of drug-likeness (QED) is 0.482. The number of hydrogen-bond acceptors (Lipinski definition) is 5. The van der Waals surface area contributed by atoms with Gasteiger partial charge in [0, 0.05) is 31.2 Å². The Morgan fingerprint density at radius 1 is 1.03 bits per heavy atom. The fraction of sp³-hybridized carbons (Fsp3) is 0.519. The van der Waals surface area contributed by atoms with Crippen LogP contribution in [0, 0.1) is 12.8 Å². The van der Waals surface area contributed by atoms with Crippen LogP contribution in [0.4, 0.5) is 0 Å². The second kappa shape index (κ2) is 12.1. The predicted octanol–water partition coefficient (Wildman–Crippen LogP) is 4.27. The zero-order chi connectivity index (χ0) is 24.7. The van der Waals surface area contributed by atoms with Crippen LogP contribution in [-0.4, -0.2) is 62.7 Å². The molecule has 0 spiro atoms. The third-order valence-electron chi connectivity index (χ3n) is 6.90. The number of piperidine rings is 1. The fourth-order valence-electron chi connectivity index (χ4n) is 4.52. The van der Waals surface area contributed by atoms with Gasteiger partial charge in [0.15, 0.2) is 5.78 Å². The molecule has 1 N–H and O–H groups in total. The number of ketones is 1. The number of sulfonamides is 1. The number of nitrogens with zero attached hydrogens (tertiary/aromatic N) is 2. The Morgan fingerprint density at radius 2 is 1.62 bits per heavy atom. The molecule has 2 aromatic rings. The molecular weight excluding hydrogens is 446 g/mol. The molecule has 0 aromatic heterocycles. The van der Waals surface area contributed by atoms with E-state index in [4.69, 9.17) is 0 Å². The third kappa shape index (κ3) is 6.54. The van der Waals surface area contributed by atoms with Crippen molar-refractivity contribution in [2.45, 2.75) is 51.5 Å². The van der Waals surface area contributed by atoms with E-state index in [1.165, 1.54) is 11.1 Å². The van der Waals surface area contributed by atoms with E-state index in [0.29, 0.717) is 31.1 Å². The largest absolute Gasteiger partial charge is 0.308 e. The maximum absolute atomic E-state index is 12.9. The van der Waals surface area contributed by atoms with E-state index in [0.717, 1.165) is 25.9 Å². The molecule has 0 bridgehead atoms. The lowest BCUT2D eigenvalue weighted by Gasteiger charge is -2.30. The Morgan fingerprint density at radius 3 is 2.18 bits per heavy atom. The van der Waals surface area contributed by atoms with Crippen molar-refractivity contribution in [3.8, 4) is 0 Å². The van der Waals surface area contributed by atoms with Crippen LogP contribution in [0.2, 0.25) is 0 Å². The lowest BCUT2D eigenvalue weighted by Crippen LogP contribution is -2.38. The molecule has 7 heteroatoms. The smallest absolute Gasteiger partial charge is 0.243 e. The lowest BCUT2D eigenvalue weighted by molar-refractivity contribution is 0.0986. The molecule has 1 aliphatic rings. The molecule has 2 aromatic carbocycles. The number of rotatable bonds is 11. The Balaban J connectivity index is 1.61. The number of carbonyl (C=O) groups excluding carboxylic acids is 1. The molecule has 0 aliphatic carbocycles. The summed E-state index contributed by atoms with van der Waals surface area (Å²) in [6, 6.07) is 15.1. The van der Waals surface area contributed by atoms with Gasteiger partial charge in [0.1, 0.15) is 0 Å². The molecule has 1 atom stereocenters. The Kier molecular flexibility index (Phi) is 9.42. The number of likely N-dealkylation sites (N-methyl/N-ethyl adjacent to an activating group) is 1. The standard InChI is InChI=1S/C27H39N3O3S/c1-5-29(6-2)26(23-9-7-21(3)8-10-23)19-28-20-27(31)24-11-13-25(14-12-24)34(32,33)30-17-15-22(4)16-18-30/h7-14,22,26,28H,5-6,15-20H2,1-4H3. The normalized spacial score (nSPS) is 16.6. The van der Waals surface area contributed by atoms with Gasteiger partial charge in [0.2, 0.25) is 10.0 Å². The van der Waals surface area contributed by atoms with Crippen molar-refractivity contribution in [2.24, 2.45) is 5.92 Å². The van der Waals surface area contributed by atoms with E-state index >= 15 is 0 Å². The number of aryl methyl sites for hydroxylation is 1. The van der Waals surface area contributed by atoms with Crippen molar-refractivity contribution >= 4 is 15.8 Å². The van der Waals surface area contributed by atoms with Crippen molar-refractivity contribution in [3.05, 3.63) is 65.2 Å². The molecule has 34 heavy (non-hydrogen) atoms. The maximum atomic E-state index is 12.9. The molecule has 1 aliphatic heterocycles. The summed E-state index contributed by atoms with van der Waals surface area (Å²) >= 11 is 0. The van der Waals surface area contributed by atoms with Crippen molar-refractivity contribution in [1.29, 1.82) is 0 Å². The van der Waals surface area contributed by atoms with Crippen LogP contribution in [-0.2, 0) is 10.0 Å². The summed E-state index contributed by atoms with van der Waals surface area (Å²) in [6.45, 7) is 12.4. The van der Waals surface area contributed by atoms with E-state index in [1.807, 2.05) is 0 Å². The Hall–Kier alpha value is -2.06. The third-order valence-corrected chi connectivity index (χ3v) is 8.81. The van der Waals surface area contributed by atoms with Crippen molar-refractivity contribution in [2.75, 3.05) is 39.3 Å². The topological polar surface area (TPSA) is 69.7 Å². The van der Waals surface area contributed by atoms with Crippen LogP contribution < -0.4 is 5.32 Å². The average molecular weight is 486 g/mol. The SMILES string of the molecule is CCN(CC)C(CNCC(=O)c1ccc(S(=O)(=O)N2CCC(C)CC2)cc1)c1ccc(C)cc1. The monoisotopic (exact) mass is 485 g/mol. The fourth-order valence-corrected chi connectivity index (χ4v) is 5.99. The van der Waals surface area contributed by atoms with E-state index in [1.54, 1.807) is 28.6 Å². The van der Waals surface area contributed by atoms with Gasteiger partial charge in [-0.25, -0.2) is 8.42 Å². The first-order chi connectivity index (χ1) is 16.3. The first kappa shape index (κ1) is 26.5. The van der Waals surface area contributed by atoms with Gasteiger partial charge in [-0.1, -0.05) is 62.7 Å². The highest BCUT2D eigenvalue weighted by atomic mass is 32.2. The zero-order valence-corrected chi connectivity index (χ0v) is 21.8. The summed E-state index contributed by atoms with van der Waals surface area (Å²) in [7, 11) is -3.50. The molecule has 3 rings (SSSR count). The van der Waals surface area contributed by atoms with Crippen LogP contribution in [0.15, 0.2) is 53.4 Å². The summed E-state index contributed by atoms with van der Waals surface area (Å²) in [4.78, 5) is 15.4. The second-order valence-corrected chi connectivity index (χ2v) is 11.3. The molecule has 0 amide bonds. The summed E-state index contributed by atoms with van der Waals surface area (Å²) < 4.78 is 27.4. The number of nitrogens with one attached hydrogen (secondary N) is 1. The van der Waals surface area contributed by atoms with Crippen LogP contribution in [0.5, 0.6) is 0 Å². The molecule has 1 heterocycles. The van der Waals surface area contributed by atoms with Gasteiger partial charge in [-0.2, -0.15) is 4.31 Å². The zero-order valence-electron chi connectivity index (χ0n) is 21.0. The van der Waals surface area contributed by atoms with E-state index < -0.39 is 10.0 Å². The molecule has 1 fully saturated rings. The van der Waals surface area contributed by atoms with Gasteiger partial charge in [-0.05, 0) is 56.5 Å². The van der Waals surface area contributed by atoms with Gasteiger partial charge < -0.3 is 5.32 Å². The van der Waals surface area contributed by atoms with Crippen LogP contribution in [0.3, 0.4) is 0 Å². The number of carbonyl (C=O) groups is 1. The van der Waals surface area contributed by atoms with Crippen LogP contribution in [0.25, 0.3) is 0 Å². The molecule has 186 valence electrons. The van der Waals surface area contributed by atoms with Crippen LogP contribution >= 0.6 is 0 Å². The van der Waals surface area contributed by atoms with E-state index in [9.17, 15) is 13.2 Å². The highest BCUT2D eigenvalue weighted by Gasteiger charge is 2.28. The number of Topliss-reactive ketones (excluding diaryl/α,β-unsaturated/α-hetero) is 1. The van der Waals surface area contributed by atoms with Gasteiger partial charge in [-0.15, -0.1) is 0 Å². The summed E-state index contributed by atoms with van der Waals surface area (Å²) in [5.74, 6) is 0.518. The molecule has 0 radical (unpaired) electrons. The highest BCUT2D eigenvalue weighted by Crippen LogP contribution is 2.24. The van der Waals surface area contributed by atoms with Gasteiger partial charge in [0.25, 0.3) is 0 Å². The van der Waals surface area contributed by atoms with Gasteiger partial charge in [0.05, 0.1) is 11.4 Å². The van der Waals surface area contributed by atoms with Gasteiger partial charge >= 0.3 is 0 Å². The molecule has 0 saturated carbocycles. The minimum atomic E-state index is -3.50. The van der Waals surface area contributed by atoms with Crippen molar-refractivity contribution < 1.29 is 13.2 Å². The van der Waals surface area contributed by atoms with Crippen LogP contribution in [0.1, 0.15) is 61.1 Å². The summed E-state index contributed by atoms with van der Waals surface area (Å²) in [6.07, 6.45) is 1.77. The maximum Gasteiger partial charge on any atom is 0.243 e. The summed E-state index contributed by atoms with van der Waals surface area (Å²) in [5.41, 5.74) is 2.98. The van der Waals surface area contributed by atoms with Crippen molar-refractivity contribution in [1.82, 2.24) is 14.5 Å². The Labute approximate surface area is 205 Å². The Bertz CT molecular complexity index is 1020. The van der Waals surface area contributed by atoms with E-state index in [-0.39, 0.29) is 23.3 Å².